The number of hydrogen-bond acceptors (Lipinski definition) is 4. The van der Waals surface area contributed by atoms with Crippen LogP contribution in [0.5, 0.6) is 0 Å². The Morgan fingerprint density at radius 3 is 1.81 bits per heavy atom. The summed E-state index contributed by atoms with van der Waals surface area (Å²) in [6.45, 7) is 16.3. The van der Waals surface area contributed by atoms with E-state index in [0.717, 1.165) is 37.1 Å². The monoisotopic (exact) mass is 704 g/mol. The van der Waals surface area contributed by atoms with Crippen LogP contribution in [-0.2, 0) is 10.8 Å². The molecule has 0 radical (unpaired) electrons. The van der Waals surface area contributed by atoms with Crippen LogP contribution in [0, 0.1) is 6.92 Å². The van der Waals surface area contributed by atoms with E-state index in [9.17, 15) is 0 Å². The van der Waals surface area contributed by atoms with E-state index < -0.39 is 0 Å². The van der Waals surface area contributed by atoms with Crippen LogP contribution < -0.4 is 26.2 Å². The topological polar surface area (TPSA) is 32.3 Å². The Morgan fingerprint density at radius 1 is 0.611 bits per heavy atom. The zero-order valence-electron chi connectivity index (χ0n) is 32.7. The molecule has 0 saturated carbocycles. The first-order valence-corrected chi connectivity index (χ1v) is 19.7. The Bertz CT molecular complexity index is 2420. The number of aryl methyl sites for hydroxylation is 1. The number of anilines is 4. The first-order valence-electron chi connectivity index (χ1n) is 19.7. The summed E-state index contributed by atoms with van der Waals surface area (Å²) < 4.78 is 0. The minimum atomic E-state index is -0.0100. The van der Waals surface area contributed by atoms with Crippen LogP contribution in [0.4, 0.5) is 22.7 Å². The van der Waals surface area contributed by atoms with Gasteiger partial charge in [-0.2, -0.15) is 0 Å². The van der Waals surface area contributed by atoms with Crippen molar-refractivity contribution in [2.75, 3.05) is 9.80 Å². The second-order valence-corrected chi connectivity index (χ2v) is 17.4. The number of aromatic nitrogens is 2. The lowest BCUT2D eigenvalue weighted by atomic mass is 9.33. The van der Waals surface area contributed by atoms with Crippen LogP contribution in [-0.4, -0.2) is 16.7 Å². The molecule has 0 saturated heterocycles. The van der Waals surface area contributed by atoms with Gasteiger partial charge in [-0.05, 0) is 131 Å². The van der Waals surface area contributed by atoms with Gasteiger partial charge in [-0.3, -0.25) is 9.97 Å². The molecule has 2 aliphatic carbocycles. The number of hydrogen-bond donors (Lipinski definition) is 0. The molecule has 5 heteroatoms. The van der Waals surface area contributed by atoms with E-state index in [4.69, 9.17) is 9.97 Å². The van der Waals surface area contributed by atoms with Gasteiger partial charge in [0, 0.05) is 46.3 Å². The highest BCUT2D eigenvalue weighted by Crippen LogP contribution is 2.47. The lowest BCUT2D eigenvalue weighted by molar-refractivity contribution is 0.590. The summed E-state index contributed by atoms with van der Waals surface area (Å²) in [6.07, 6.45) is 17.3. The molecule has 0 unspecified atom stereocenters. The van der Waals surface area contributed by atoms with Crippen LogP contribution in [0.15, 0.2) is 133 Å². The second kappa shape index (κ2) is 12.9. The predicted octanol–water partition coefficient (Wildman–Crippen LogP) is 10.3. The number of pyridine rings is 2. The Hall–Kier alpha value is -5.42. The molecule has 9 rings (SSSR count). The van der Waals surface area contributed by atoms with Crippen molar-refractivity contribution in [2.24, 2.45) is 0 Å². The summed E-state index contributed by atoms with van der Waals surface area (Å²) in [4.78, 5) is 15.0. The highest BCUT2D eigenvalue weighted by atomic mass is 15.2. The third-order valence-electron chi connectivity index (χ3n) is 11.6. The van der Waals surface area contributed by atoms with Crippen molar-refractivity contribution in [3.8, 4) is 0 Å². The molecular weight excluding hydrogens is 655 g/mol. The van der Waals surface area contributed by atoms with E-state index in [0.29, 0.717) is 0 Å². The predicted molar refractivity (Wildman–Crippen MR) is 229 cm³/mol. The molecule has 4 heterocycles. The van der Waals surface area contributed by atoms with Gasteiger partial charge in [0.15, 0.2) is 0 Å². The maximum atomic E-state index is 4.92. The summed E-state index contributed by atoms with van der Waals surface area (Å²) in [5.41, 5.74) is 19.9. The van der Waals surface area contributed by atoms with Gasteiger partial charge in [-0.25, -0.2) is 0 Å². The molecule has 0 amide bonds. The van der Waals surface area contributed by atoms with Crippen molar-refractivity contribution in [3.05, 3.63) is 161 Å². The van der Waals surface area contributed by atoms with Gasteiger partial charge in [0.25, 0.3) is 6.71 Å². The molecule has 54 heavy (non-hydrogen) atoms. The SMILES string of the molecule is Cc1cc2c3c(c1)N(C1=C(c4ccccn4)CCC=C1)c1cc(C(C)(C)C)ccc1B3c1ccc(C(C)(C)C)cc1N2C1=CCCC=C1c1ccccn1. The van der Waals surface area contributed by atoms with Crippen LogP contribution in [0.1, 0.15) is 95.3 Å². The van der Waals surface area contributed by atoms with Gasteiger partial charge in [0.2, 0.25) is 0 Å². The quantitative estimate of drug-likeness (QED) is 0.174. The van der Waals surface area contributed by atoms with Crippen molar-refractivity contribution in [1.29, 1.82) is 0 Å². The Balaban J connectivity index is 1.38. The van der Waals surface area contributed by atoms with Gasteiger partial charge in [0.1, 0.15) is 0 Å². The number of benzene rings is 3. The minimum Gasteiger partial charge on any atom is -0.311 e. The van der Waals surface area contributed by atoms with E-state index >= 15 is 0 Å². The van der Waals surface area contributed by atoms with Crippen molar-refractivity contribution in [1.82, 2.24) is 9.97 Å². The first-order chi connectivity index (χ1) is 26.0. The highest BCUT2D eigenvalue weighted by molar-refractivity contribution is 7.00. The normalized spacial score (nSPS) is 16.5. The smallest absolute Gasteiger partial charge is 0.252 e. The average molecular weight is 705 g/mol. The van der Waals surface area contributed by atoms with Gasteiger partial charge in [-0.15, -0.1) is 0 Å². The fourth-order valence-electron chi connectivity index (χ4n) is 8.87. The summed E-state index contributed by atoms with van der Waals surface area (Å²) in [5, 5.41) is 0. The Labute approximate surface area is 321 Å². The fraction of sp³-hybridized carbons (Fsp3) is 0.265. The van der Waals surface area contributed by atoms with Crippen LogP contribution in [0.3, 0.4) is 0 Å². The molecule has 5 aromatic rings. The standard InChI is InChI=1S/C49H49BN4/c1-32-28-45-47-46(29-32)54(42-21-11-9-17-36(42)40-19-13-15-27-52-40)44-31-34(49(5,6)7)23-25-38(44)50(47)37-24-22-33(48(2,3)4)30-43(37)53(45)41-20-10-8-16-35(41)39-18-12-14-26-51-39/h10,12-15,17-31H,8-9,11,16H2,1-7H3. The summed E-state index contributed by atoms with van der Waals surface area (Å²) in [6, 6.07) is 32.0. The van der Waals surface area contributed by atoms with Crippen molar-refractivity contribution >= 4 is 57.0 Å². The lowest BCUT2D eigenvalue weighted by Gasteiger charge is -2.46. The van der Waals surface area contributed by atoms with E-state index in [-0.39, 0.29) is 17.5 Å². The van der Waals surface area contributed by atoms with Gasteiger partial charge in [-0.1, -0.05) is 96.2 Å². The molecule has 268 valence electrons. The van der Waals surface area contributed by atoms with E-state index in [2.05, 4.69) is 155 Å². The van der Waals surface area contributed by atoms with Crippen molar-refractivity contribution in [2.45, 2.75) is 85.0 Å². The van der Waals surface area contributed by atoms with Crippen LogP contribution in [0.2, 0.25) is 0 Å². The summed E-state index contributed by atoms with van der Waals surface area (Å²) in [5.74, 6) is 0. The molecule has 2 aromatic heterocycles. The molecule has 0 fully saturated rings. The van der Waals surface area contributed by atoms with E-state index in [1.165, 1.54) is 78.4 Å². The number of allylic oxidation sites excluding steroid dienone is 6. The summed E-state index contributed by atoms with van der Waals surface area (Å²) in [7, 11) is 0. The van der Waals surface area contributed by atoms with E-state index in [1.807, 2.05) is 24.5 Å². The molecule has 0 N–H and O–H groups in total. The molecule has 4 nitrogen and oxygen atoms in total. The molecule has 2 aliphatic heterocycles. The summed E-state index contributed by atoms with van der Waals surface area (Å²) >= 11 is 0. The zero-order chi connectivity index (χ0) is 37.4. The molecule has 3 aromatic carbocycles. The third kappa shape index (κ3) is 5.68. The van der Waals surface area contributed by atoms with Crippen molar-refractivity contribution < 1.29 is 0 Å². The van der Waals surface area contributed by atoms with Gasteiger partial charge in [0.05, 0.1) is 22.8 Å². The van der Waals surface area contributed by atoms with Crippen LogP contribution >= 0.6 is 0 Å². The van der Waals surface area contributed by atoms with Crippen LogP contribution in [0.25, 0.3) is 11.1 Å². The number of fused-ring (bicyclic) bond motifs is 4. The number of nitrogens with zero attached hydrogens (tertiary/aromatic N) is 4. The Kier molecular flexibility index (Phi) is 8.19. The maximum absolute atomic E-state index is 4.92. The minimum absolute atomic E-state index is 0.0100. The average Bonchev–Trinajstić information content (AvgIpc) is 3.17. The van der Waals surface area contributed by atoms with Gasteiger partial charge < -0.3 is 9.80 Å². The third-order valence-corrected chi connectivity index (χ3v) is 11.6. The molecule has 0 spiro atoms. The molecule has 0 atom stereocenters. The zero-order valence-corrected chi connectivity index (χ0v) is 32.7. The number of rotatable bonds is 4. The molecular formula is C49H49BN4. The fourth-order valence-corrected chi connectivity index (χ4v) is 8.87. The molecule has 4 aliphatic rings. The largest absolute Gasteiger partial charge is 0.311 e. The van der Waals surface area contributed by atoms with Crippen molar-refractivity contribution in [3.63, 3.8) is 0 Å². The Morgan fingerprint density at radius 2 is 1.20 bits per heavy atom. The second-order valence-electron chi connectivity index (χ2n) is 17.4. The molecule has 0 bridgehead atoms. The first kappa shape index (κ1) is 34.4. The van der Waals surface area contributed by atoms with E-state index in [1.54, 1.807) is 0 Å². The highest BCUT2D eigenvalue weighted by Gasteiger charge is 2.45. The lowest BCUT2D eigenvalue weighted by Crippen LogP contribution is -2.62. The van der Waals surface area contributed by atoms with Gasteiger partial charge >= 0.3 is 0 Å². The maximum Gasteiger partial charge on any atom is 0.252 e.